The average molecular weight is 199 g/mol. The Morgan fingerprint density at radius 3 is 2.07 bits per heavy atom. The van der Waals surface area contributed by atoms with E-state index in [9.17, 15) is 0 Å². The van der Waals surface area contributed by atoms with Gasteiger partial charge in [-0.1, -0.05) is 26.7 Å². The fourth-order valence-corrected chi connectivity index (χ4v) is 2.74. The van der Waals surface area contributed by atoms with E-state index in [0.29, 0.717) is 18.1 Å². The van der Waals surface area contributed by atoms with Gasteiger partial charge in [0.2, 0.25) is 0 Å². The molecule has 0 aromatic heterocycles. The van der Waals surface area contributed by atoms with Crippen LogP contribution in [0.3, 0.4) is 0 Å². The van der Waals surface area contributed by atoms with Crippen molar-refractivity contribution in [3.8, 4) is 0 Å². The lowest BCUT2D eigenvalue weighted by atomic mass is 9.72. The molecule has 0 aromatic carbocycles. The van der Waals surface area contributed by atoms with Gasteiger partial charge < -0.3 is 5.11 Å². The van der Waals surface area contributed by atoms with Crippen LogP contribution in [-0.2, 0) is 0 Å². The molecule has 0 aromatic rings. The Morgan fingerprint density at radius 1 is 1.21 bits per heavy atom. The van der Waals surface area contributed by atoms with E-state index in [0.717, 1.165) is 0 Å². The number of hydrogen-bond donors (Lipinski definition) is 1. The first-order chi connectivity index (χ1) is 6.67. The predicted molar refractivity (Wildman–Crippen MR) is 60.4 cm³/mol. The zero-order valence-electron chi connectivity index (χ0n) is 9.92. The Kier molecular flexibility index (Phi) is 4.39. The molecule has 0 bridgehead atoms. The van der Waals surface area contributed by atoms with E-state index in [4.69, 9.17) is 5.11 Å². The van der Waals surface area contributed by atoms with Gasteiger partial charge in [0.1, 0.15) is 0 Å². The van der Waals surface area contributed by atoms with Crippen LogP contribution in [0, 0.1) is 5.41 Å². The summed E-state index contributed by atoms with van der Waals surface area (Å²) in [7, 11) is 0. The van der Waals surface area contributed by atoms with Gasteiger partial charge in [0.05, 0.1) is 6.61 Å². The lowest BCUT2D eigenvalue weighted by Crippen LogP contribution is -2.59. The van der Waals surface area contributed by atoms with Gasteiger partial charge in [0.25, 0.3) is 0 Å². The van der Waals surface area contributed by atoms with E-state index in [1.165, 1.54) is 38.8 Å². The van der Waals surface area contributed by atoms with E-state index in [-0.39, 0.29) is 0 Å². The Morgan fingerprint density at radius 2 is 1.71 bits per heavy atom. The Labute approximate surface area is 88.3 Å². The number of aliphatic hydroxyl groups is 1. The molecule has 2 nitrogen and oxygen atoms in total. The first-order valence-corrected chi connectivity index (χ1v) is 6.02. The van der Waals surface area contributed by atoms with Crippen LogP contribution >= 0.6 is 0 Å². The van der Waals surface area contributed by atoms with Crippen molar-refractivity contribution in [2.24, 2.45) is 5.41 Å². The molecule has 84 valence electrons. The molecule has 0 unspecified atom stereocenters. The van der Waals surface area contributed by atoms with Crippen LogP contribution in [0.15, 0.2) is 0 Å². The van der Waals surface area contributed by atoms with Crippen LogP contribution in [0.5, 0.6) is 0 Å². The van der Waals surface area contributed by atoms with Crippen molar-refractivity contribution in [1.82, 2.24) is 4.90 Å². The van der Waals surface area contributed by atoms with Crippen LogP contribution < -0.4 is 0 Å². The number of aliphatic hydroxyl groups excluding tert-OH is 1. The Balaban J connectivity index is 2.38. The highest BCUT2D eigenvalue weighted by atomic mass is 16.3. The number of hydrogen-bond acceptors (Lipinski definition) is 2. The maximum absolute atomic E-state index is 9.06. The van der Waals surface area contributed by atoms with Gasteiger partial charge in [-0.2, -0.15) is 0 Å². The zero-order chi connectivity index (χ0) is 10.6. The smallest absolute Gasteiger partial charge is 0.0584 e. The van der Waals surface area contributed by atoms with E-state index in [2.05, 4.69) is 25.7 Å². The molecule has 1 rings (SSSR count). The summed E-state index contributed by atoms with van der Waals surface area (Å²) in [5, 5.41) is 9.06. The lowest BCUT2D eigenvalue weighted by molar-refractivity contribution is -0.0515. The van der Waals surface area contributed by atoms with E-state index in [1.807, 2.05) is 0 Å². The highest BCUT2D eigenvalue weighted by molar-refractivity contribution is 4.95. The van der Waals surface area contributed by atoms with Crippen LogP contribution in [0.1, 0.15) is 46.5 Å². The lowest BCUT2D eigenvalue weighted by Gasteiger charge is -2.53. The van der Waals surface area contributed by atoms with Crippen LogP contribution in [0.25, 0.3) is 0 Å². The third-order valence-corrected chi connectivity index (χ3v) is 3.53. The standard InChI is InChI=1S/C12H25NO/c1-4-6-12(7-5-2)9-13(10-12)11(3)8-14/h11,14H,4-10H2,1-3H3/t11-/m1/s1. The van der Waals surface area contributed by atoms with Gasteiger partial charge in [-0.15, -0.1) is 0 Å². The molecule has 0 saturated carbocycles. The van der Waals surface area contributed by atoms with Crippen molar-refractivity contribution in [2.45, 2.75) is 52.5 Å². The second-order valence-electron chi connectivity index (χ2n) is 4.94. The fourth-order valence-electron chi connectivity index (χ4n) is 2.74. The zero-order valence-corrected chi connectivity index (χ0v) is 9.92. The van der Waals surface area contributed by atoms with Crippen molar-refractivity contribution in [3.05, 3.63) is 0 Å². The quantitative estimate of drug-likeness (QED) is 0.709. The van der Waals surface area contributed by atoms with Crippen molar-refractivity contribution >= 4 is 0 Å². The second-order valence-corrected chi connectivity index (χ2v) is 4.94. The van der Waals surface area contributed by atoms with Gasteiger partial charge in [0.15, 0.2) is 0 Å². The third-order valence-electron chi connectivity index (χ3n) is 3.53. The van der Waals surface area contributed by atoms with E-state index in [1.54, 1.807) is 0 Å². The molecule has 0 spiro atoms. The highest BCUT2D eigenvalue weighted by Crippen LogP contribution is 2.40. The molecular weight excluding hydrogens is 174 g/mol. The summed E-state index contributed by atoms with van der Waals surface area (Å²) >= 11 is 0. The molecular formula is C12H25NO. The Hall–Kier alpha value is -0.0800. The molecule has 1 fully saturated rings. The molecule has 14 heavy (non-hydrogen) atoms. The van der Waals surface area contributed by atoms with Gasteiger partial charge in [-0.05, 0) is 25.2 Å². The summed E-state index contributed by atoms with van der Waals surface area (Å²) in [5.74, 6) is 0. The summed E-state index contributed by atoms with van der Waals surface area (Å²) in [5.41, 5.74) is 0.590. The summed E-state index contributed by atoms with van der Waals surface area (Å²) < 4.78 is 0. The first-order valence-electron chi connectivity index (χ1n) is 6.02. The number of rotatable bonds is 6. The van der Waals surface area contributed by atoms with Gasteiger partial charge in [0, 0.05) is 19.1 Å². The van der Waals surface area contributed by atoms with E-state index >= 15 is 0 Å². The predicted octanol–water partition coefficient (Wildman–Crippen LogP) is 2.27. The number of likely N-dealkylation sites (tertiary alicyclic amines) is 1. The van der Waals surface area contributed by atoms with Crippen LogP contribution in [0.4, 0.5) is 0 Å². The van der Waals surface area contributed by atoms with Crippen LogP contribution in [0.2, 0.25) is 0 Å². The summed E-state index contributed by atoms with van der Waals surface area (Å²) in [6.45, 7) is 9.37. The van der Waals surface area contributed by atoms with Crippen molar-refractivity contribution < 1.29 is 5.11 Å². The molecule has 0 amide bonds. The normalized spacial score (nSPS) is 23.1. The molecule has 0 aliphatic carbocycles. The maximum Gasteiger partial charge on any atom is 0.0584 e. The second kappa shape index (κ2) is 5.13. The molecule has 1 N–H and O–H groups in total. The molecule has 2 heteroatoms. The van der Waals surface area contributed by atoms with Crippen LogP contribution in [-0.4, -0.2) is 35.7 Å². The third kappa shape index (κ3) is 2.48. The van der Waals surface area contributed by atoms with Crippen molar-refractivity contribution in [3.63, 3.8) is 0 Å². The molecule has 1 saturated heterocycles. The molecule has 1 heterocycles. The Bertz CT molecular complexity index is 156. The van der Waals surface area contributed by atoms with Gasteiger partial charge in [-0.3, -0.25) is 4.90 Å². The summed E-state index contributed by atoms with van der Waals surface area (Å²) in [4.78, 5) is 2.41. The minimum atomic E-state index is 0.300. The first kappa shape index (κ1) is 12.0. The van der Waals surface area contributed by atoms with Gasteiger partial charge >= 0.3 is 0 Å². The minimum absolute atomic E-state index is 0.300. The summed E-state index contributed by atoms with van der Waals surface area (Å²) in [6, 6.07) is 0.358. The van der Waals surface area contributed by atoms with Crippen molar-refractivity contribution in [1.29, 1.82) is 0 Å². The monoisotopic (exact) mass is 199 g/mol. The van der Waals surface area contributed by atoms with Gasteiger partial charge in [-0.25, -0.2) is 0 Å². The van der Waals surface area contributed by atoms with Crippen molar-refractivity contribution in [2.75, 3.05) is 19.7 Å². The van der Waals surface area contributed by atoms with E-state index < -0.39 is 0 Å². The molecule has 1 aliphatic rings. The SMILES string of the molecule is CCCC1(CCC)CN([C@H](C)CO)C1. The minimum Gasteiger partial charge on any atom is -0.395 e. The molecule has 1 aliphatic heterocycles. The maximum atomic E-state index is 9.06. The topological polar surface area (TPSA) is 23.5 Å². The fraction of sp³-hybridized carbons (Fsp3) is 1.00. The molecule has 1 atom stereocenters. The largest absolute Gasteiger partial charge is 0.395 e. The number of nitrogens with zero attached hydrogens (tertiary/aromatic N) is 1. The average Bonchev–Trinajstić information content (AvgIpc) is 2.12. The molecule has 0 radical (unpaired) electrons. The summed E-state index contributed by atoms with van der Waals surface area (Å²) in [6.07, 6.45) is 5.30. The highest BCUT2D eigenvalue weighted by Gasteiger charge is 2.42.